The van der Waals surface area contributed by atoms with Crippen molar-refractivity contribution in [1.82, 2.24) is 14.8 Å². The van der Waals surface area contributed by atoms with E-state index in [1.165, 1.54) is 0 Å². The second-order valence-corrected chi connectivity index (χ2v) is 10.1. The smallest absolute Gasteiger partial charge is 0.248 e. The van der Waals surface area contributed by atoms with Crippen LogP contribution in [0.25, 0.3) is 0 Å². The van der Waals surface area contributed by atoms with Crippen LogP contribution in [0, 0.1) is 0 Å². The molecule has 11 heteroatoms. The van der Waals surface area contributed by atoms with Crippen LogP contribution in [0.3, 0.4) is 0 Å². The number of ether oxygens (including phenoxy) is 2. The van der Waals surface area contributed by atoms with Gasteiger partial charge in [0, 0.05) is 11.4 Å². The number of fused-ring (bicyclic) bond motifs is 1. The minimum Gasteiger partial charge on any atom is -0.493 e. The van der Waals surface area contributed by atoms with Crippen molar-refractivity contribution in [3.63, 3.8) is 0 Å². The van der Waals surface area contributed by atoms with Gasteiger partial charge in [0.1, 0.15) is 12.6 Å². The van der Waals surface area contributed by atoms with Gasteiger partial charge in [-0.15, -0.1) is 5.10 Å². The van der Waals surface area contributed by atoms with Crippen molar-refractivity contribution in [2.24, 2.45) is 5.73 Å². The van der Waals surface area contributed by atoms with Crippen molar-refractivity contribution in [1.29, 1.82) is 0 Å². The number of benzene rings is 2. The van der Waals surface area contributed by atoms with Gasteiger partial charge < -0.3 is 20.5 Å². The first-order chi connectivity index (χ1) is 17.3. The first kappa shape index (κ1) is 26.2. The van der Waals surface area contributed by atoms with Gasteiger partial charge in [-0.3, -0.25) is 4.79 Å². The Morgan fingerprint density at radius 1 is 1.19 bits per heavy atom. The number of rotatable bonds is 10. The van der Waals surface area contributed by atoms with Gasteiger partial charge in [-0.1, -0.05) is 60.4 Å². The van der Waals surface area contributed by atoms with Crippen LogP contribution in [0.4, 0.5) is 5.95 Å². The molecule has 0 bridgehead atoms. The fourth-order valence-electron chi connectivity index (χ4n) is 3.89. The molecule has 1 aliphatic heterocycles. The summed E-state index contributed by atoms with van der Waals surface area (Å²) < 4.78 is 13.3. The summed E-state index contributed by atoms with van der Waals surface area (Å²) in [7, 11) is 1.56. The van der Waals surface area contributed by atoms with Gasteiger partial charge in [-0.25, -0.2) is 4.68 Å². The Hall–Kier alpha value is -2.88. The molecule has 2 heterocycles. The standard InChI is InChI=1S/C25H27Cl2N5O3S/c1-4-5-10-36-25-30-24-29-14(2)21(23(28)33)22(32(24)31-25)16-7-9-19(20(12-16)34-3)35-13-15-6-8-17(26)18(27)11-15/h6-9,11-12,22H,4-5,10,13H2,1-3H3,(H2,28,33)(H,29,30,31). The normalized spacial score (nSPS) is 14.9. The Balaban J connectivity index is 1.65. The van der Waals surface area contributed by atoms with Crippen molar-refractivity contribution in [3.05, 3.63) is 68.8 Å². The molecule has 1 aliphatic rings. The largest absolute Gasteiger partial charge is 0.493 e. The maximum Gasteiger partial charge on any atom is 0.248 e. The molecular weight excluding hydrogens is 521 g/mol. The summed E-state index contributed by atoms with van der Waals surface area (Å²) in [4.78, 5) is 17.1. The number of nitrogens with zero attached hydrogens (tertiary/aromatic N) is 3. The van der Waals surface area contributed by atoms with E-state index < -0.39 is 11.9 Å². The van der Waals surface area contributed by atoms with E-state index in [-0.39, 0.29) is 6.61 Å². The monoisotopic (exact) mass is 547 g/mol. The lowest BCUT2D eigenvalue weighted by atomic mass is 9.95. The number of hydrogen-bond donors (Lipinski definition) is 2. The molecule has 1 aromatic heterocycles. The predicted octanol–water partition coefficient (Wildman–Crippen LogP) is 5.84. The van der Waals surface area contributed by atoms with Crippen LogP contribution < -0.4 is 20.5 Å². The van der Waals surface area contributed by atoms with Crippen LogP contribution in [0.2, 0.25) is 10.0 Å². The molecule has 0 fully saturated rings. The summed E-state index contributed by atoms with van der Waals surface area (Å²) in [6.07, 6.45) is 2.16. The number of nitrogens with two attached hydrogens (primary N) is 1. The number of aromatic nitrogens is 3. The quantitative estimate of drug-likeness (QED) is 0.242. The van der Waals surface area contributed by atoms with E-state index in [0.29, 0.717) is 43.9 Å². The molecule has 3 aromatic rings. The van der Waals surface area contributed by atoms with Crippen LogP contribution in [0.5, 0.6) is 11.5 Å². The maximum atomic E-state index is 12.5. The van der Waals surface area contributed by atoms with Gasteiger partial charge >= 0.3 is 0 Å². The Labute approximate surface area is 224 Å². The van der Waals surface area contributed by atoms with Gasteiger partial charge in [0.25, 0.3) is 0 Å². The number of primary amides is 1. The average molecular weight is 548 g/mol. The highest BCUT2D eigenvalue weighted by Crippen LogP contribution is 2.39. The molecule has 1 unspecified atom stereocenters. The predicted molar refractivity (Wildman–Crippen MR) is 143 cm³/mol. The van der Waals surface area contributed by atoms with E-state index in [4.69, 9.17) is 38.4 Å². The van der Waals surface area contributed by atoms with E-state index in [0.717, 1.165) is 29.7 Å². The summed E-state index contributed by atoms with van der Waals surface area (Å²) in [6.45, 7) is 4.22. The van der Waals surface area contributed by atoms with E-state index in [1.807, 2.05) is 18.2 Å². The highest BCUT2D eigenvalue weighted by molar-refractivity contribution is 7.99. The number of hydrogen-bond acceptors (Lipinski definition) is 7. The van der Waals surface area contributed by atoms with Gasteiger partial charge in [-0.05, 0) is 48.7 Å². The average Bonchev–Trinajstić information content (AvgIpc) is 3.26. The zero-order chi connectivity index (χ0) is 25.8. The number of allylic oxidation sites excluding steroid dienone is 1. The molecule has 8 nitrogen and oxygen atoms in total. The number of methoxy groups -OCH3 is 1. The number of thioether (sulfide) groups is 1. The van der Waals surface area contributed by atoms with Crippen molar-refractivity contribution < 1.29 is 14.3 Å². The molecule has 0 aliphatic carbocycles. The van der Waals surface area contributed by atoms with Crippen LogP contribution in [0.15, 0.2) is 52.8 Å². The molecule has 0 saturated carbocycles. The van der Waals surface area contributed by atoms with E-state index in [9.17, 15) is 4.79 Å². The van der Waals surface area contributed by atoms with Crippen LogP contribution >= 0.6 is 35.0 Å². The number of nitrogens with one attached hydrogen (secondary N) is 1. The number of unbranched alkanes of at least 4 members (excludes halogenated alkanes) is 1. The number of carbonyl (C=O) groups is 1. The Morgan fingerprint density at radius 2 is 2.00 bits per heavy atom. The maximum absolute atomic E-state index is 12.5. The van der Waals surface area contributed by atoms with Gasteiger partial charge in [-0.2, -0.15) is 4.98 Å². The summed E-state index contributed by atoms with van der Waals surface area (Å²) in [5.41, 5.74) is 8.47. The zero-order valence-corrected chi connectivity index (χ0v) is 22.5. The minimum atomic E-state index is -0.565. The third kappa shape index (κ3) is 5.58. The summed E-state index contributed by atoms with van der Waals surface area (Å²) in [6, 6.07) is 10.3. The summed E-state index contributed by atoms with van der Waals surface area (Å²) in [5.74, 6) is 1.98. The Kier molecular flexibility index (Phi) is 8.33. The number of anilines is 1. The second-order valence-electron chi connectivity index (χ2n) is 8.24. The molecule has 0 saturated heterocycles. The summed E-state index contributed by atoms with van der Waals surface area (Å²) in [5, 5.41) is 9.44. The number of carbonyl (C=O) groups excluding carboxylic acids is 1. The Bertz CT molecular complexity index is 1310. The van der Waals surface area contributed by atoms with Gasteiger partial charge in [0.2, 0.25) is 17.0 Å². The molecule has 36 heavy (non-hydrogen) atoms. The third-order valence-corrected chi connectivity index (χ3v) is 7.37. The lowest BCUT2D eigenvalue weighted by molar-refractivity contribution is -0.115. The lowest BCUT2D eigenvalue weighted by Crippen LogP contribution is -2.31. The van der Waals surface area contributed by atoms with Crippen molar-refractivity contribution >= 4 is 46.8 Å². The SMILES string of the molecule is CCCCSc1nc2n(n1)C(c1ccc(OCc3ccc(Cl)c(Cl)c3)c(OC)c1)C(C(N)=O)=C(C)N2. The van der Waals surface area contributed by atoms with Crippen molar-refractivity contribution in [2.75, 3.05) is 18.2 Å². The first-order valence-corrected chi connectivity index (χ1v) is 13.2. The van der Waals surface area contributed by atoms with E-state index in [2.05, 4.69) is 22.3 Å². The molecule has 3 N–H and O–H groups in total. The summed E-state index contributed by atoms with van der Waals surface area (Å²) >= 11 is 13.7. The molecule has 2 aromatic carbocycles. The van der Waals surface area contributed by atoms with E-state index >= 15 is 0 Å². The fraction of sp³-hybridized carbons (Fsp3) is 0.320. The highest BCUT2D eigenvalue weighted by Gasteiger charge is 2.34. The van der Waals surface area contributed by atoms with Crippen LogP contribution in [-0.2, 0) is 11.4 Å². The minimum absolute atomic E-state index is 0.275. The van der Waals surface area contributed by atoms with Crippen LogP contribution in [0.1, 0.15) is 43.9 Å². The number of halogens is 2. The third-order valence-electron chi connectivity index (χ3n) is 5.71. The molecule has 190 valence electrons. The molecule has 1 atom stereocenters. The van der Waals surface area contributed by atoms with Crippen LogP contribution in [-0.4, -0.2) is 33.5 Å². The molecule has 1 amide bonds. The van der Waals surface area contributed by atoms with Crippen molar-refractivity contribution in [3.8, 4) is 11.5 Å². The van der Waals surface area contributed by atoms with Crippen molar-refractivity contribution in [2.45, 2.75) is 44.5 Å². The van der Waals surface area contributed by atoms with Gasteiger partial charge in [0.05, 0.1) is 22.7 Å². The molecule has 0 radical (unpaired) electrons. The second kappa shape index (κ2) is 11.5. The highest BCUT2D eigenvalue weighted by atomic mass is 35.5. The number of amides is 1. The fourth-order valence-corrected chi connectivity index (χ4v) is 5.12. The molecule has 0 spiro atoms. The first-order valence-electron chi connectivity index (χ1n) is 11.4. The van der Waals surface area contributed by atoms with Gasteiger partial charge in [0.15, 0.2) is 11.5 Å². The lowest BCUT2D eigenvalue weighted by Gasteiger charge is -2.28. The Morgan fingerprint density at radius 3 is 2.69 bits per heavy atom. The zero-order valence-electron chi connectivity index (χ0n) is 20.2. The topological polar surface area (TPSA) is 104 Å². The molecule has 4 rings (SSSR count). The van der Waals surface area contributed by atoms with E-state index in [1.54, 1.807) is 48.7 Å². The molecular formula is C25H27Cl2N5O3S.